The molecule has 4 heteroatoms. The van der Waals surface area contributed by atoms with Crippen LogP contribution in [-0.2, 0) is 10.5 Å². The Labute approximate surface area is 176 Å². The van der Waals surface area contributed by atoms with Crippen LogP contribution in [0.25, 0.3) is 0 Å². The zero-order valence-electron chi connectivity index (χ0n) is 16.8. The van der Waals surface area contributed by atoms with Crippen molar-refractivity contribution in [2.75, 3.05) is 0 Å². The third-order valence-corrected chi connectivity index (χ3v) is 6.70. The lowest BCUT2D eigenvalue weighted by Gasteiger charge is -2.40. The quantitative estimate of drug-likeness (QED) is 0.642. The first-order valence-corrected chi connectivity index (χ1v) is 10.9. The summed E-state index contributed by atoms with van der Waals surface area (Å²) in [6.07, 6.45) is 1.33. The van der Waals surface area contributed by atoms with Gasteiger partial charge >= 0.3 is 0 Å². The van der Waals surface area contributed by atoms with Crippen molar-refractivity contribution in [1.29, 1.82) is 5.26 Å². The van der Waals surface area contributed by atoms with Gasteiger partial charge in [-0.15, -0.1) is 11.8 Å². The first kappa shape index (κ1) is 19.7. The van der Waals surface area contributed by atoms with Gasteiger partial charge in [-0.2, -0.15) is 5.26 Å². The molecular formula is C25H24N2OS. The van der Waals surface area contributed by atoms with Crippen molar-refractivity contribution >= 4 is 23.3 Å². The molecule has 1 saturated carbocycles. The second-order valence-corrected chi connectivity index (χ2v) is 9.52. The summed E-state index contributed by atoms with van der Waals surface area (Å²) in [6, 6.07) is 22.6. The van der Waals surface area contributed by atoms with E-state index in [0.717, 1.165) is 28.5 Å². The average molecular weight is 401 g/mol. The molecule has 29 heavy (non-hydrogen) atoms. The Balaban J connectivity index is 1.77. The van der Waals surface area contributed by atoms with Crippen molar-refractivity contribution in [1.82, 2.24) is 0 Å². The maximum absolute atomic E-state index is 13.2. The number of benzene rings is 2. The molecule has 1 heterocycles. The number of nitrogens with zero attached hydrogens (tertiary/aromatic N) is 2. The summed E-state index contributed by atoms with van der Waals surface area (Å²) in [4.78, 5) is 18.1. The molecule has 0 spiro atoms. The van der Waals surface area contributed by atoms with E-state index in [1.54, 1.807) is 11.8 Å². The minimum atomic E-state index is -0.318. The van der Waals surface area contributed by atoms with E-state index >= 15 is 0 Å². The number of nitriles is 1. The van der Waals surface area contributed by atoms with E-state index in [1.165, 1.54) is 5.56 Å². The number of hydrogen-bond donors (Lipinski definition) is 0. The first-order valence-electron chi connectivity index (χ1n) is 9.94. The van der Waals surface area contributed by atoms with Gasteiger partial charge in [0.2, 0.25) is 0 Å². The number of rotatable bonds is 4. The monoisotopic (exact) mass is 400 g/mol. The lowest BCUT2D eigenvalue weighted by Crippen LogP contribution is -2.42. The molecule has 2 aromatic rings. The Bertz CT molecular complexity index is 1020. The van der Waals surface area contributed by atoms with Gasteiger partial charge in [-0.05, 0) is 23.0 Å². The maximum atomic E-state index is 13.2. The molecule has 0 aromatic heterocycles. The lowest BCUT2D eigenvalue weighted by atomic mass is 9.64. The van der Waals surface area contributed by atoms with Crippen LogP contribution in [-0.4, -0.2) is 11.5 Å². The van der Waals surface area contributed by atoms with Gasteiger partial charge in [0.15, 0.2) is 0 Å². The van der Waals surface area contributed by atoms with Gasteiger partial charge in [-0.1, -0.05) is 74.5 Å². The Morgan fingerprint density at radius 3 is 2.34 bits per heavy atom. The number of ketones is 1. The van der Waals surface area contributed by atoms with E-state index < -0.39 is 0 Å². The van der Waals surface area contributed by atoms with E-state index in [9.17, 15) is 10.1 Å². The molecule has 146 valence electrons. The molecule has 0 saturated heterocycles. The predicted molar refractivity (Wildman–Crippen MR) is 119 cm³/mol. The van der Waals surface area contributed by atoms with Crippen molar-refractivity contribution in [2.45, 2.75) is 38.4 Å². The molecule has 4 rings (SSSR count). The number of thioether (sulfide) groups is 1. The number of hydrogen-bond acceptors (Lipinski definition) is 4. The molecule has 0 bridgehead atoms. The molecule has 1 unspecified atom stereocenters. The van der Waals surface area contributed by atoms with E-state index in [-0.39, 0.29) is 23.0 Å². The minimum Gasteiger partial charge on any atom is -0.299 e. The maximum Gasteiger partial charge on any atom is 0.143 e. The summed E-state index contributed by atoms with van der Waals surface area (Å²) in [5, 5.41) is 10.8. The van der Waals surface area contributed by atoms with Crippen molar-refractivity contribution in [3.63, 3.8) is 0 Å². The number of fused-ring (bicyclic) bond motifs is 1. The van der Waals surface area contributed by atoms with Gasteiger partial charge in [0.1, 0.15) is 10.8 Å². The lowest BCUT2D eigenvalue weighted by molar-refractivity contribution is -0.124. The van der Waals surface area contributed by atoms with E-state index in [2.05, 4.69) is 32.0 Å². The fourth-order valence-corrected chi connectivity index (χ4v) is 5.39. The van der Waals surface area contributed by atoms with Crippen LogP contribution in [0.2, 0.25) is 0 Å². The van der Waals surface area contributed by atoms with Crippen LogP contribution in [0.4, 0.5) is 0 Å². The van der Waals surface area contributed by atoms with E-state index in [0.29, 0.717) is 12.0 Å². The fourth-order valence-electron chi connectivity index (χ4n) is 4.38. The predicted octanol–water partition coefficient (Wildman–Crippen LogP) is 5.90. The van der Waals surface area contributed by atoms with Crippen LogP contribution >= 0.6 is 11.8 Å². The molecule has 0 amide bonds. The van der Waals surface area contributed by atoms with Crippen LogP contribution in [0.1, 0.15) is 43.7 Å². The van der Waals surface area contributed by atoms with Gasteiger partial charge in [0.05, 0.1) is 17.6 Å². The summed E-state index contributed by atoms with van der Waals surface area (Å²) in [7, 11) is 0. The number of Topliss-reactive ketones (excluding diaryl/α,β-unsaturated/α-hetero) is 1. The second kappa shape index (κ2) is 8.00. The number of allylic oxidation sites excluding steroid dienone is 1. The average Bonchev–Trinajstić information content (AvgIpc) is 2.71. The smallest absolute Gasteiger partial charge is 0.143 e. The molecule has 1 aliphatic carbocycles. The Kier molecular flexibility index (Phi) is 5.43. The standard InChI is InChI=1S/C25H24N2OS/c1-25(2)13-20-23(21(28)14-25)22(18-11-7-4-8-12-18)19(15-26)24(27-20)29-16-17-9-5-3-6-10-17/h3-12,22-23H,13-14,16H2,1-2H3/t22-,23?/m0/s1. The van der Waals surface area contributed by atoms with E-state index in [1.807, 2.05) is 48.5 Å². The van der Waals surface area contributed by atoms with Crippen molar-refractivity contribution in [3.05, 3.63) is 82.4 Å². The van der Waals surface area contributed by atoms with Crippen LogP contribution in [0.15, 0.2) is 76.3 Å². The highest BCUT2D eigenvalue weighted by molar-refractivity contribution is 8.02. The van der Waals surface area contributed by atoms with E-state index in [4.69, 9.17) is 4.99 Å². The van der Waals surface area contributed by atoms with Crippen LogP contribution in [0.5, 0.6) is 0 Å². The van der Waals surface area contributed by atoms with Crippen molar-refractivity contribution in [2.24, 2.45) is 16.3 Å². The van der Waals surface area contributed by atoms with Crippen molar-refractivity contribution < 1.29 is 4.79 Å². The summed E-state index contributed by atoms with van der Waals surface area (Å²) < 4.78 is 0. The second-order valence-electron chi connectivity index (χ2n) is 8.56. The Hall–Kier alpha value is -2.64. The van der Waals surface area contributed by atoms with Gasteiger partial charge < -0.3 is 0 Å². The third-order valence-electron chi connectivity index (χ3n) is 5.64. The Morgan fingerprint density at radius 2 is 1.69 bits per heavy atom. The largest absolute Gasteiger partial charge is 0.299 e. The highest BCUT2D eigenvalue weighted by Gasteiger charge is 2.46. The highest BCUT2D eigenvalue weighted by Crippen LogP contribution is 2.48. The summed E-state index contributed by atoms with van der Waals surface area (Å²) >= 11 is 1.60. The van der Waals surface area contributed by atoms with Gasteiger partial charge in [-0.25, -0.2) is 4.99 Å². The molecule has 3 nitrogen and oxygen atoms in total. The zero-order valence-corrected chi connectivity index (χ0v) is 17.6. The normalized spacial score (nSPS) is 23.2. The Morgan fingerprint density at radius 1 is 1.03 bits per heavy atom. The summed E-state index contributed by atoms with van der Waals surface area (Å²) in [5.41, 5.74) is 3.69. The molecule has 2 aromatic carbocycles. The topological polar surface area (TPSA) is 53.2 Å². The van der Waals surface area contributed by atoms with Gasteiger partial charge in [0.25, 0.3) is 0 Å². The highest BCUT2D eigenvalue weighted by atomic mass is 32.2. The number of aliphatic imine (C=N–C) groups is 1. The summed E-state index contributed by atoms with van der Waals surface area (Å²) in [5.74, 6) is 0.396. The first-order chi connectivity index (χ1) is 14.0. The SMILES string of the molecule is CC1(C)CC(=O)C2C(=NC(SCc3ccccc3)=C(C#N)[C@@H]2c2ccccc2)C1. The molecule has 1 fully saturated rings. The molecule has 2 atom stereocenters. The number of carbonyl (C=O) groups is 1. The molecular weight excluding hydrogens is 376 g/mol. The van der Waals surface area contributed by atoms with Crippen LogP contribution < -0.4 is 0 Å². The van der Waals surface area contributed by atoms with Crippen molar-refractivity contribution in [3.8, 4) is 6.07 Å². The number of carbonyl (C=O) groups excluding carboxylic acids is 1. The molecule has 1 aliphatic heterocycles. The van der Waals surface area contributed by atoms with Gasteiger partial charge in [0, 0.05) is 23.8 Å². The zero-order chi connectivity index (χ0) is 20.4. The van der Waals surface area contributed by atoms with Gasteiger partial charge in [-0.3, -0.25) is 4.79 Å². The molecule has 0 radical (unpaired) electrons. The summed E-state index contributed by atoms with van der Waals surface area (Å²) in [6.45, 7) is 4.25. The minimum absolute atomic E-state index is 0.0903. The van der Waals surface area contributed by atoms with Crippen LogP contribution in [0.3, 0.4) is 0 Å². The fraction of sp³-hybridized carbons (Fsp3) is 0.320. The van der Waals surface area contributed by atoms with Crippen LogP contribution in [0, 0.1) is 22.7 Å². The molecule has 0 N–H and O–H groups in total. The molecule has 2 aliphatic rings. The third kappa shape index (κ3) is 4.06.